The van der Waals surface area contributed by atoms with Crippen molar-refractivity contribution in [3.8, 4) is 0 Å². The number of hydrogen-bond donors (Lipinski definition) is 0. The molecule has 0 aliphatic carbocycles. The highest BCUT2D eigenvalue weighted by molar-refractivity contribution is 5.89. The molecule has 1 aliphatic heterocycles. The molecule has 104 valence electrons. The molecule has 2 atom stereocenters. The van der Waals surface area contributed by atoms with E-state index in [1.165, 1.54) is 0 Å². The lowest BCUT2D eigenvalue weighted by molar-refractivity contribution is -0.116. The monoisotopic (exact) mass is 271 g/mol. The summed E-state index contributed by atoms with van der Waals surface area (Å²) in [5, 5.41) is 2.41. The molecule has 0 spiro atoms. The molecule has 0 N–H and O–H groups in total. The van der Waals surface area contributed by atoms with Gasteiger partial charge in [-0.05, 0) is 26.0 Å². The molecule has 0 radical (unpaired) electrons. The van der Waals surface area contributed by atoms with Crippen molar-refractivity contribution in [2.75, 3.05) is 5.01 Å². The molecule has 0 amide bonds. The first-order valence-electron chi connectivity index (χ1n) is 6.86. The van der Waals surface area contributed by atoms with Crippen molar-refractivity contribution in [3.05, 3.63) is 40.4 Å². The molecule has 0 unspecified atom stereocenters. The van der Waals surface area contributed by atoms with Gasteiger partial charge in [-0.2, -0.15) is 0 Å². The Bertz CT molecular complexity index is 750. The summed E-state index contributed by atoms with van der Waals surface area (Å²) in [6, 6.07) is 7.16. The van der Waals surface area contributed by atoms with Gasteiger partial charge in [-0.25, -0.2) is 9.66 Å². The fraction of sp³-hybridized carbons (Fsp3) is 0.400. The number of carbonyl (C=O) groups excluding carboxylic acids is 1. The van der Waals surface area contributed by atoms with E-state index in [2.05, 4.69) is 4.98 Å². The van der Waals surface area contributed by atoms with Crippen molar-refractivity contribution >= 4 is 16.7 Å². The average Bonchev–Trinajstić information content (AvgIpc) is 3.09. The summed E-state index contributed by atoms with van der Waals surface area (Å²) in [5.41, 5.74) is 0.613. The number of para-hydroxylation sites is 1. The third-order valence-electron chi connectivity index (χ3n) is 3.85. The minimum atomic E-state index is -0.207. The van der Waals surface area contributed by atoms with Gasteiger partial charge >= 0.3 is 0 Å². The van der Waals surface area contributed by atoms with Crippen LogP contribution in [0.5, 0.6) is 0 Å². The smallest absolute Gasteiger partial charge is 0.280 e. The quantitative estimate of drug-likeness (QED) is 0.789. The lowest BCUT2D eigenvalue weighted by Crippen LogP contribution is -2.35. The maximum atomic E-state index is 12.7. The number of ketones is 1. The predicted molar refractivity (Wildman–Crippen MR) is 77.5 cm³/mol. The summed E-state index contributed by atoms with van der Waals surface area (Å²) in [5.74, 6) is 0.781. The molecular formula is C15H17N3O2. The van der Waals surface area contributed by atoms with Crippen LogP contribution in [-0.4, -0.2) is 27.5 Å². The van der Waals surface area contributed by atoms with Crippen molar-refractivity contribution in [1.29, 1.82) is 0 Å². The van der Waals surface area contributed by atoms with Crippen LogP contribution in [0.25, 0.3) is 10.9 Å². The molecule has 1 saturated heterocycles. The summed E-state index contributed by atoms with van der Waals surface area (Å²) in [7, 11) is 0. The van der Waals surface area contributed by atoms with Crippen molar-refractivity contribution in [2.45, 2.75) is 39.3 Å². The van der Waals surface area contributed by atoms with Crippen LogP contribution < -0.4 is 10.6 Å². The van der Waals surface area contributed by atoms with Crippen molar-refractivity contribution < 1.29 is 4.79 Å². The maximum Gasteiger partial charge on any atom is 0.280 e. The van der Waals surface area contributed by atoms with E-state index in [-0.39, 0.29) is 23.4 Å². The number of aromatic nitrogens is 2. The Morgan fingerprint density at radius 2 is 2.05 bits per heavy atom. The number of aryl methyl sites for hydroxylation is 1. The van der Waals surface area contributed by atoms with Crippen molar-refractivity contribution in [1.82, 2.24) is 9.66 Å². The van der Waals surface area contributed by atoms with Crippen LogP contribution in [-0.2, 0) is 11.2 Å². The number of hydrogen-bond acceptors (Lipinski definition) is 4. The second-order valence-corrected chi connectivity index (χ2v) is 5.19. The van der Waals surface area contributed by atoms with Gasteiger partial charge in [0.25, 0.3) is 5.56 Å². The second-order valence-electron chi connectivity index (χ2n) is 5.19. The van der Waals surface area contributed by atoms with E-state index in [0.29, 0.717) is 23.1 Å². The van der Waals surface area contributed by atoms with Crippen molar-refractivity contribution in [2.24, 2.45) is 0 Å². The van der Waals surface area contributed by atoms with E-state index in [9.17, 15) is 9.59 Å². The molecule has 1 aromatic heterocycles. The Labute approximate surface area is 116 Å². The molecule has 5 nitrogen and oxygen atoms in total. The molecule has 1 aliphatic rings. The largest absolute Gasteiger partial charge is 0.298 e. The Hall–Kier alpha value is -2.17. The summed E-state index contributed by atoms with van der Waals surface area (Å²) in [6.45, 7) is 5.48. The van der Waals surface area contributed by atoms with Gasteiger partial charge in [0.05, 0.1) is 16.9 Å². The van der Waals surface area contributed by atoms with Crippen LogP contribution in [0.15, 0.2) is 29.1 Å². The molecule has 0 saturated carbocycles. The number of Topliss-reactive ketones (excluding diaryl/α,β-unsaturated/α-hetero) is 1. The van der Waals surface area contributed by atoms with Crippen LogP contribution in [0.3, 0.4) is 0 Å². The zero-order valence-corrected chi connectivity index (χ0v) is 11.8. The summed E-state index contributed by atoms with van der Waals surface area (Å²) in [6.07, 6.45) is 0.647. The fourth-order valence-electron chi connectivity index (χ4n) is 2.80. The highest BCUT2D eigenvalue weighted by Crippen LogP contribution is 2.26. The van der Waals surface area contributed by atoms with Gasteiger partial charge < -0.3 is 0 Å². The highest BCUT2D eigenvalue weighted by Gasteiger charge is 2.49. The normalized spacial score (nSPS) is 21.2. The highest BCUT2D eigenvalue weighted by atomic mass is 16.2. The van der Waals surface area contributed by atoms with Crippen molar-refractivity contribution in [3.63, 3.8) is 0 Å². The Balaban J connectivity index is 2.23. The zero-order valence-electron chi connectivity index (χ0n) is 11.8. The first-order chi connectivity index (χ1) is 9.56. The SMILES string of the molecule is CCc1nc2ccccc2c(=O)n1N1[C@H](C)[C@H]1C(C)=O. The van der Waals surface area contributed by atoms with E-state index >= 15 is 0 Å². The lowest BCUT2D eigenvalue weighted by atomic mass is 10.2. The van der Waals surface area contributed by atoms with Gasteiger partial charge in [0.2, 0.25) is 0 Å². The van der Waals surface area contributed by atoms with Gasteiger partial charge in [-0.3, -0.25) is 14.6 Å². The predicted octanol–water partition coefficient (Wildman–Crippen LogP) is 1.26. The minimum absolute atomic E-state index is 0.0541. The molecule has 5 heteroatoms. The molecule has 2 heterocycles. The summed E-state index contributed by atoms with van der Waals surface area (Å²) < 4.78 is 1.58. The topological polar surface area (TPSA) is 55.0 Å². The van der Waals surface area contributed by atoms with Gasteiger partial charge in [-0.1, -0.05) is 19.1 Å². The second kappa shape index (κ2) is 4.44. The zero-order chi connectivity index (χ0) is 14.4. The van der Waals surface area contributed by atoms with Crippen LogP contribution in [0.1, 0.15) is 26.6 Å². The van der Waals surface area contributed by atoms with Gasteiger partial charge in [-0.15, -0.1) is 0 Å². The third-order valence-corrected chi connectivity index (χ3v) is 3.85. The Morgan fingerprint density at radius 3 is 2.65 bits per heavy atom. The number of benzene rings is 1. The van der Waals surface area contributed by atoms with E-state index in [1.807, 2.05) is 37.1 Å². The van der Waals surface area contributed by atoms with E-state index in [4.69, 9.17) is 0 Å². The number of fused-ring (bicyclic) bond motifs is 1. The molecule has 20 heavy (non-hydrogen) atoms. The van der Waals surface area contributed by atoms with Gasteiger partial charge in [0, 0.05) is 6.42 Å². The van der Waals surface area contributed by atoms with Crippen LogP contribution in [0.2, 0.25) is 0 Å². The lowest BCUT2D eigenvalue weighted by Gasteiger charge is -2.14. The fourth-order valence-corrected chi connectivity index (χ4v) is 2.80. The minimum Gasteiger partial charge on any atom is -0.298 e. The van der Waals surface area contributed by atoms with E-state index in [0.717, 1.165) is 0 Å². The Morgan fingerprint density at radius 1 is 1.35 bits per heavy atom. The first-order valence-corrected chi connectivity index (χ1v) is 6.86. The molecule has 0 bridgehead atoms. The number of rotatable bonds is 3. The first kappa shape index (κ1) is 12.8. The number of nitrogens with zero attached hydrogens (tertiary/aromatic N) is 3. The van der Waals surface area contributed by atoms with Gasteiger partial charge in [0.1, 0.15) is 11.9 Å². The molecule has 1 aromatic carbocycles. The Kier molecular flexibility index (Phi) is 2.85. The third kappa shape index (κ3) is 1.73. The van der Waals surface area contributed by atoms with Crippen LogP contribution in [0, 0.1) is 0 Å². The molecule has 3 rings (SSSR count). The molecular weight excluding hydrogens is 254 g/mol. The molecule has 2 aromatic rings. The maximum absolute atomic E-state index is 12.7. The standard InChI is InChI=1S/C15H17N3O2/c1-4-13-16-12-8-6-5-7-11(12)15(20)18(13)17-9(2)14(17)10(3)19/h5-9,14H,4H2,1-3H3/t9-,14+,17?/m1/s1. The van der Waals surface area contributed by atoms with E-state index < -0.39 is 0 Å². The van der Waals surface area contributed by atoms with Crippen LogP contribution in [0.4, 0.5) is 0 Å². The molecule has 1 fully saturated rings. The van der Waals surface area contributed by atoms with Gasteiger partial charge in [0.15, 0.2) is 5.78 Å². The summed E-state index contributed by atoms with van der Waals surface area (Å²) >= 11 is 0. The number of carbonyl (C=O) groups is 1. The average molecular weight is 271 g/mol. The van der Waals surface area contributed by atoms with E-state index in [1.54, 1.807) is 17.7 Å². The van der Waals surface area contributed by atoms with Crippen LogP contribution >= 0.6 is 0 Å². The summed E-state index contributed by atoms with van der Waals surface area (Å²) in [4.78, 5) is 28.8.